The van der Waals surface area contributed by atoms with Gasteiger partial charge in [-0.15, -0.1) is 0 Å². The Hall–Kier alpha value is -1.57. The minimum Gasteiger partial charge on any atom is -0.315 e. The molecule has 1 aliphatic rings. The van der Waals surface area contributed by atoms with Crippen molar-refractivity contribution in [3.63, 3.8) is 0 Å². The van der Waals surface area contributed by atoms with Crippen molar-refractivity contribution in [2.75, 3.05) is 6.54 Å². The fourth-order valence-corrected chi connectivity index (χ4v) is 1.07. The average Bonchev–Trinajstić information content (AvgIpc) is 2.53. The summed E-state index contributed by atoms with van der Waals surface area (Å²) in [5.74, 6) is 0.0763. The fourth-order valence-electron chi connectivity index (χ4n) is 1.07. The van der Waals surface area contributed by atoms with Crippen LogP contribution in [-0.2, 0) is 4.79 Å². The molecule has 0 aromatic rings. The molecule has 1 heterocycles. The second-order valence-electron chi connectivity index (χ2n) is 2.82. The van der Waals surface area contributed by atoms with E-state index in [1.807, 2.05) is 24.3 Å². The summed E-state index contributed by atoms with van der Waals surface area (Å²) in [6.45, 7) is 5.81. The molecule has 0 bridgehead atoms. The number of carbonyl (C=O) groups excluding carboxylic acids is 1. The van der Waals surface area contributed by atoms with E-state index in [-0.39, 0.29) is 5.91 Å². The number of rotatable bonds is 2. The molecule has 13 heavy (non-hydrogen) atoms. The smallest absolute Gasteiger partial charge is 0.223 e. The fraction of sp³-hybridized carbons (Fsp3) is 0.182. The summed E-state index contributed by atoms with van der Waals surface area (Å²) in [6, 6.07) is 0. The Morgan fingerprint density at radius 1 is 1.62 bits per heavy atom. The first kappa shape index (κ1) is 9.52. The van der Waals surface area contributed by atoms with E-state index in [1.165, 1.54) is 0 Å². The molecule has 0 saturated carbocycles. The van der Waals surface area contributed by atoms with Gasteiger partial charge in [-0.25, -0.2) is 0 Å². The first-order valence-electron chi connectivity index (χ1n) is 4.17. The summed E-state index contributed by atoms with van der Waals surface area (Å²) >= 11 is 0. The van der Waals surface area contributed by atoms with Gasteiger partial charge in [-0.2, -0.15) is 0 Å². The Bertz CT molecular complexity index is 297. The summed E-state index contributed by atoms with van der Waals surface area (Å²) in [5.41, 5.74) is 1.13. The Morgan fingerprint density at radius 3 is 2.92 bits per heavy atom. The van der Waals surface area contributed by atoms with E-state index < -0.39 is 0 Å². The van der Waals surface area contributed by atoms with Crippen molar-refractivity contribution in [3.05, 3.63) is 48.7 Å². The van der Waals surface area contributed by atoms with Gasteiger partial charge in [-0.3, -0.25) is 4.79 Å². The second-order valence-corrected chi connectivity index (χ2v) is 2.82. The van der Waals surface area contributed by atoms with Gasteiger partial charge in [0.15, 0.2) is 0 Å². The van der Waals surface area contributed by atoms with Crippen LogP contribution in [0.25, 0.3) is 0 Å². The zero-order chi connectivity index (χ0) is 9.68. The number of amides is 1. The van der Waals surface area contributed by atoms with Crippen molar-refractivity contribution in [1.82, 2.24) is 4.90 Å². The number of carbonyl (C=O) groups is 1. The maximum Gasteiger partial charge on any atom is 0.223 e. The highest BCUT2D eigenvalue weighted by atomic mass is 16.2. The molecule has 2 heteroatoms. The van der Waals surface area contributed by atoms with Crippen LogP contribution in [-0.4, -0.2) is 17.4 Å². The zero-order valence-corrected chi connectivity index (χ0v) is 7.73. The van der Waals surface area contributed by atoms with Crippen LogP contribution >= 0.6 is 0 Å². The third-order valence-corrected chi connectivity index (χ3v) is 1.78. The van der Waals surface area contributed by atoms with Crippen molar-refractivity contribution < 1.29 is 4.79 Å². The van der Waals surface area contributed by atoms with Gasteiger partial charge in [0, 0.05) is 13.1 Å². The van der Waals surface area contributed by atoms with E-state index in [0.717, 1.165) is 5.57 Å². The largest absolute Gasteiger partial charge is 0.315 e. The molecule has 0 atom stereocenters. The van der Waals surface area contributed by atoms with Crippen LogP contribution in [0.5, 0.6) is 0 Å². The molecule has 0 aromatic carbocycles. The lowest BCUT2D eigenvalue weighted by atomic mass is 10.2. The van der Waals surface area contributed by atoms with E-state index in [9.17, 15) is 4.79 Å². The predicted molar refractivity (Wildman–Crippen MR) is 53.9 cm³/mol. The predicted octanol–water partition coefficient (Wildman–Crippen LogP) is 2.03. The summed E-state index contributed by atoms with van der Waals surface area (Å²) in [4.78, 5) is 12.6. The van der Waals surface area contributed by atoms with E-state index in [4.69, 9.17) is 0 Å². The van der Waals surface area contributed by atoms with E-state index in [2.05, 4.69) is 6.58 Å². The third kappa shape index (κ3) is 2.75. The van der Waals surface area contributed by atoms with Gasteiger partial charge < -0.3 is 4.90 Å². The highest BCUT2D eigenvalue weighted by Gasteiger charge is 2.11. The standard InChI is InChI=1S/C11H13NO/c1-3-4-5-6-11-7-8-12(9-11)10(2)13/h3-8H,1,9H2,2H3/b5-4-,11-6-. The quantitative estimate of drug-likeness (QED) is 0.588. The molecule has 1 amide bonds. The minimum atomic E-state index is 0.0763. The van der Waals surface area contributed by atoms with Crippen LogP contribution in [0.2, 0.25) is 0 Å². The summed E-state index contributed by atoms with van der Waals surface area (Å²) in [7, 11) is 0. The molecular formula is C11H13NO. The lowest BCUT2D eigenvalue weighted by molar-refractivity contribution is -0.125. The van der Waals surface area contributed by atoms with E-state index >= 15 is 0 Å². The maximum atomic E-state index is 10.9. The van der Waals surface area contributed by atoms with Gasteiger partial charge in [0.1, 0.15) is 0 Å². The minimum absolute atomic E-state index is 0.0763. The molecule has 0 N–H and O–H groups in total. The lowest BCUT2D eigenvalue weighted by Crippen LogP contribution is -2.20. The van der Waals surface area contributed by atoms with Gasteiger partial charge in [-0.05, 0) is 11.6 Å². The molecule has 2 nitrogen and oxygen atoms in total. The summed E-state index contributed by atoms with van der Waals surface area (Å²) in [5, 5.41) is 0. The van der Waals surface area contributed by atoms with Gasteiger partial charge in [-0.1, -0.05) is 30.9 Å². The topological polar surface area (TPSA) is 20.3 Å². The monoisotopic (exact) mass is 175 g/mol. The zero-order valence-electron chi connectivity index (χ0n) is 7.73. The lowest BCUT2D eigenvalue weighted by Gasteiger charge is -2.08. The van der Waals surface area contributed by atoms with Gasteiger partial charge in [0.2, 0.25) is 5.91 Å². The van der Waals surface area contributed by atoms with Crippen molar-refractivity contribution >= 4 is 5.91 Å². The molecule has 0 aromatic heterocycles. The molecule has 0 fully saturated rings. The molecule has 0 saturated heterocycles. The van der Waals surface area contributed by atoms with Crippen LogP contribution in [0.4, 0.5) is 0 Å². The normalized spacial score (nSPS) is 18.8. The average molecular weight is 175 g/mol. The summed E-state index contributed by atoms with van der Waals surface area (Å²) < 4.78 is 0. The SMILES string of the molecule is C=C/C=C\C=C1\C=CN(C(C)=O)C1. The Kier molecular flexibility index (Phi) is 3.26. The van der Waals surface area contributed by atoms with Crippen LogP contribution in [0, 0.1) is 0 Å². The van der Waals surface area contributed by atoms with Crippen molar-refractivity contribution in [2.45, 2.75) is 6.92 Å². The van der Waals surface area contributed by atoms with E-state index in [0.29, 0.717) is 6.54 Å². The second kappa shape index (κ2) is 4.45. The summed E-state index contributed by atoms with van der Waals surface area (Å²) in [6.07, 6.45) is 11.2. The van der Waals surface area contributed by atoms with Gasteiger partial charge in [0.05, 0.1) is 6.54 Å². The highest BCUT2D eigenvalue weighted by molar-refractivity contribution is 5.75. The van der Waals surface area contributed by atoms with Gasteiger partial charge in [0.25, 0.3) is 0 Å². The van der Waals surface area contributed by atoms with Crippen LogP contribution in [0.1, 0.15) is 6.92 Å². The Balaban J connectivity index is 2.56. The molecule has 68 valence electrons. The molecule has 1 rings (SSSR count). The van der Waals surface area contributed by atoms with Crippen LogP contribution < -0.4 is 0 Å². The molecule has 0 spiro atoms. The van der Waals surface area contributed by atoms with E-state index in [1.54, 1.807) is 24.1 Å². The van der Waals surface area contributed by atoms with Crippen molar-refractivity contribution in [3.8, 4) is 0 Å². The first-order chi connectivity index (χ1) is 6.24. The Labute approximate surface area is 78.5 Å². The first-order valence-corrected chi connectivity index (χ1v) is 4.17. The molecule has 1 aliphatic heterocycles. The number of hydrogen-bond donors (Lipinski definition) is 0. The van der Waals surface area contributed by atoms with Crippen molar-refractivity contribution in [2.24, 2.45) is 0 Å². The number of allylic oxidation sites excluding steroid dienone is 4. The van der Waals surface area contributed by atoms with Crippen LogP contribution in [0.15, 0.2) is 48.7 Å². The molecule has 0 radical (unpaired) electrons. The van der Waals surface area contributed by atoms with Crippen molar-refractivity contribution in [1.29, 1.82) is 0 Å². The molecule has 0 aliphatic carbocycles. The van der Waals surface area contributed by atoms with Crippen LogP contribution in [0.3, 0.4) is 0 Å². The molecular weight excluding hydrogens is 162 g/mol. The maximum absolute atomic E-state index is 10.9. The number of hydrogen-bond acceptors (Lipinski definition) is 1. The third-order valence-electron chi connectivity index (χ3n) is 1.78. The molecule has 0 unspecified atom stereocenters. The van der Waals surface area contributed by atoms with Gasteiger partial charge >= 0.3 is 0 Å². The Morgan fingerprint density at radius 2 is 2.38 bits per heavy atom. The highest BCUT2D eigenvalue weighted by Crippen LogP contribution is 2.11. The number of nitrogens with zero attached hydrogens (tertiary/aromatic N) is 1.